The summed E-state index contributed by atoms with van der Waals surface area (Å²) in [6.07, 6.45) is 3.89. The Bertz CT molecular complexity index is 472. The highest BCUT2D eigenvalue weighted by Gasteiger charge is 2.47. The molecule has 1 saturated heterocycles. The van der Waals surface area contributed by atoms with Crippen molar-refractivity contribution in [1.29, 1.82) is 0 Å². The van der Waals surface area contributed by atoms with E-state index in [1.165, 1.54) is 19.3 Å². The molecular weight excluding hydrogens is 216 g/mol. The first-order valence-corrected chi connectivity index (χ1v) is 5.97. The van der Waals surface area contributed by atoms with Crippen molar-refractivity contribution < 1.29 is 9.90 Å². The van der Waals surface area contributed by atoms with Crippen molar-refractivity contribution in [1.82, 2.24) is 0 Å². The fourth-order valence-corrected chi connectivity index (χ4v) is 2.92. The second-order valence-corrected chi connectivity index (χ2v) is 5.29. The van der Waals surface area contributed by atoms with Gasteiger partial charge in [0.25, 0.3) is 0 Å². The quantitative estimate of drug-likeness (QED) is 0.765. The number of rotatable bonds is 2. The molecule has 4 heteroatoms. The molecule has 1 saturated carbocycles. The van der Waals surface area contributed by atoms with Crippen LogP contribution in [0.2, 0.25) is 0 Å². The average Bonchev–Trinajstić information content (AvgIpc) is 2.12. The van der Waals surface area contributed by atoms with Crippen LogP contribution in [0.25, 0.3) is 0 Å². The number of hydrogen-bond donors (Lipinski definition) is 2. The standard InChI is InChI=1S/C13H16N2O2/c14-9-2-3-10(12(16)17)11(6-9)15-7-13(8-15)4-1-5-13/h2-3,6H,1,4-5,7-8,14H2,(H,16,17). The fraction of sp³-hybridized carbons (Fsp3) is 0.462. The van der Waals surface area contributed by atoms with E-state index >= 15 is 0 Å². The van der Waals surface area contributed by atoms with Gasteiger partial charge >= 0.3 is 5.97 Å². The molecule has 2 aliphatic rings. The Morgan fingerprint density at radius 1 is 1.35 bits per heavy atom. The molecule has 1 aliphatic carbocycles. The molecule has 0 bridgehead atoms. The lowest BCUT2D eigenvalue weighted by molar-refractivity contribution is 0.0690. The maximum Gasteiger partial charge on any atom is 0.337 e. The van der Waals surface area contributed by atoms with E-state index in [1.54, 1.807) is 18.2 Å². The molecule has 0 amide bonds. The third kappa shape index (κ3) is 1.55. The molecule has 3 rings (SSSR count). The van der Waals surface area contributed by atoms with Gasteiger partial charge in [0.1, 0.15) is 0 Å². The van der Waals surface area contributed by atoms with Crippen molar-refractivity contribution in [3.8, 4) is 0 Å². The second-order valence-electron chi connectivity index (χ2n) is 5.29. The zero-order valence-electron chi connectivity index (χ0n) is 9.65. The van der Waals surface area contributed by atoms with Gasteiger partial charge in [-0.1, -0.05) is 6.42 Å². The van der Waals surface area contributed by atoms with E-state index in [9.17, 15) is 4.79 Å². The van der Waals surface area contributed by atoms with Crippen LogP contribution < -0.4 is 10.6 Å². The Morgan fingerprint density at radius 2 is 2.06 bits per heavy atom. The monoisotopic (exact) mass is 232 g/mol. The van der Waals surface area contributed by atoms with Gasteiger partial charge < -0.3 is 15.7 Å². The molecule has 1 heterocycles. The molecule has 2 fully saturated rings. The molecule has 1 spiro atoms. The summed E-state index contributed by atoms with van der Waals surface area (Å²) in [6, 6.07) is 5.01. The summed E-state index contributed by atoms with van der Waals surface area (Å²) in [5.74, 6) is -0.880. The molecule has 1 aromatic rings. The van der Waals surface area contributed by atoms with E-state index in [4.69, 9.17) is 10.8 Å². The van der Waals surface area contributed by atoms with Crippen LogP contribution in [0.15, 0.2) is 18.2 Å². The topological polar surface area (TPSA) is 66.6 Å². The molecular formula is C13H16N2O2. The van der Waals surface area contributed by atoms with Crippen molar-refractivity contribution in [2.75, 3.05) is 23.7 Å². The number of carbonyl (C=O) groups is 1. The number of carboxylic acid groups (broad SMARTS) is 1. The Hall–Kier alpha value is -1.71. The Morgan fingerprint density at radius 3 is 2.59 bits per heavy atom. The zero-order chi connectivity index (χ0) is 12.0. The molecule has 0 unspecified atom stereocenters. The van der Waals surface area contributed by atoms with Crippen molar-refractivity contribution >= 4 is 17.3 Å². The summed E-state index contributed by atoms with van der Waals surface area (Å²) in [5, 5.41) is 9.16. The SMILES string of the molecule is Nc1ccc(C(=O)O)c(N2CC3(CCC3)C2)c1. The summed E-state index contributed by atoms with van der Waals surface area (Å²) in [7, 11) is 0. The van der Waals surface area contributed by atoms with Crippen LogP contribution in [0.4, 0.5) is 11.4 Å². The van der Waals surface area contributed by atoms with Crippen LogP contribution in [-0.2, 0) is 0 Å². The number of anilines is 2. The van der Waals surface area contributed by atoms with Crippen molar-refractivity contribution in [3.05, 3.63) is 23.8 Å². The first-order chi connectivity index (χ1) is 8.10. The maximum absolute atomic E-state index is 11.2. The van der Waals surface area contributed by atoms with E-state index in [2.05, 4.69) is 4.90 Å². The largest absolute Gasteiger partial charge is 0.478 e. The number of nitrogens with two attached hydrogens (primary N) is 1. The van der Waals surface area contributed by atoms with Crippen LogP contribution in [-0.4, -0.2) is 24.2 Å². The maximum atomic E-state index is 11.2. The summed E-state index contributed by atoms with van der Waals surface area (Å²) in [6.45, 7) is 1.97. The second kappa shape index (κ2) is 3.39. The minimum absolute atomic E-state index is 0.355. The zero-order valence-corrected chi connectivity index (χ0v) is 9.65. The minimum Gasteiger partial charge on any atom is -0.478 e. The van der Waals surface area contributed by atoms with E-state index < -0.39 is 5.97 Å². The van der Waals surface area contributed by atoms with Crippen molar-refractivity contribution in [2.24, 2.45) is 5.41 Å². The van der Waals surface area contributed by atoms with Gasteiger partial charge in [-0.2, -0.15) is 0 Å². The lowest BCUT2D eigenvalue weighted by Crippen LogP contribution is -2.60. The van der Waals surface area contributed by atoms with Gasteiger partial charge in [-0.25, -0.2) is 4.79 Å². The highest BCUT2D eigenvalue weighted by atomic mass is 16.4. The number of nitrogens with zero attached hydrogens (tertiary/aromatic N) is 1. The Kier molecular flexibility index (Phi) is 2.08. The van der Waals surface area contributed by atoms with Crippen LogP contribution in [0, 0.1) is 5.41 Å². The van der Waals surface area contributed by atoms with Crippen LogP contribution >= 0.6 is 0 Å². The van der Waals surface area contributed by atoms with Gasteiger partial charge in [-0.05, 0) is 31.0 Å². The van der Waals surface area contributed by atoms with Crippen molar-refractivity contribution in [3.63, 3.8) is 0 Å². The normalized spacial score (nSPS) is 20.8. The molecule has 4 nitrogen and oxygen atoms in total. The molecule has 90 valence electrons. The number of carboxylic acids is 1. The first-order valence-electron chi connectivity index (χ1n) is 5.97. The smallest absolute Gasteiger partial charge is 0.337 e. The lowest BCUT2D eigenvalue weighted by atomic mass is 9.63. The van der Waals surface area contributed by atoms with Crippen LogP contribution in [0.3, 0.4) is 0 Å². The number of hydrogen-bond acceptors (Lipinski definition) is 3. The molecule has 0 radical (unpaired) electrons. The average molecular weight is 232 g/mol. The van der Waals surface area contributed by atoms with Gasteiger partial charge in [-0.3, -0.25) is 0 Å². The number of benzene rings is 1. The third-order valence-electron chi connectivity index (χ3n) is 4.06. The molecule has 0 aromatic heterocycles. The van der Waals surface area contributed by atoms with E-state index in [1.807, 2.05) is 0 Å². The number of nitrogen functional groups attached to an aromatic ring is 1. The van der Waals surface area contributed by atoms with Gasteiger partial charge in [-0.15, -0.1) is 0 Å². The molecule has 0 atom stereocenters. The van der Waals surface area contributed by atoms with E-state index in [0.29, 0.717) is 16.7 Å². The highest BCUT2D eigenvalue weighted by molar-refractivity contribution is 5.95. The highest BCUT2D eigenvalue weighted by Crippen LogP contribution is 2.50. The minimum atomic E-state index is -0.880. The van der Waals surface area contributed by atoms with Crippen molar-refractivity contribution in [2.45, 2.75) is 19.3 Å². The van der Waals surface area contributed by atoms with E-state index in [-0.39, 0.29) is 0 Å². The fourth-order valence-electron chi connectivity index (χ4n) is 2.92. The van der Waals surface area contributed by atoms with Crippen LogP contribution in [0.5, 0.6) is 0 Å². The summed E-state index contributed by atoms with van der Waals surface area (Å²) in [5.41, 5.74) is 7.98. The Balaban J connectivity index is 1.87. The molecule has 1 aromatic carbocycles. The summed E-state index contributed by atoms with van der Waals surface area (Å²) >= 11 is 0. The molecule has 3 N–H and O–H groups in total. The number of aromatic carboxylic acids is 1. The summed E-state index contributed by atoms with van der Waals surface area (Å²) in [4.78, 5) is 13.3. The molecule has 1 aliphatic heterocycles. The predicted molar refractivity (Wildman–Crippen MR) is 66.3 cm³/mol. The summed E-state index contributed by atoms with van der Waals surface area (Å²) < 4.78 is 0. The third-order valence-corrected chi connectivity index (χ3v) is 4.06. The van der Waals surface area contributed by atoms with Gasteiger partial charge in [0.15, 0.2) is 0 Å². The first kappa shape index (κ1) is 10.4. The van der Waals surface area contributed by atoms with E-state index in [0.717, 1.165) is 18.8 Å². The Labute approximate surface area is 100 Å². The van der Waals surface area contributed by atoms with Gasteiger partial charge in [0, 0.05) is 24.2 Å². The van der Waals surface area contributed by atoms with Crippen LogP contribution in [0.1, 0.15) is 29.6 Å². The molecule has 17 heavy (non-hydrogen) atoms. The van der Waals surface area contributed by atoms with Gasteiger partial charge in [0.2, 0.25) is 0 Å². The van der Waals surface area contributed by atoms with Gasteiger partial charge in [0.05, 0.1) is 11.3 Å². The lowest BCUT2D eigenvalue weighted by Gasteiger charge is -2.57. The predicted octanol–water partition coefficient (Wildman–Crippen LogP) is 1.96.